The second-order valence-electron chi connectivity index (χ2n) is 4.47. The Bertz CT molecular complexity index is 340. The molecule has 0 spiro atoms. The summed E-state index contributed by atoms with van der Waals surface area (Å²) in [6.07, 6.45) is 4.45. The van der Waals surface area contributed by atoms with Gasteiger partial charge in [0, 0.05) is 17.0 Å². The number of thiazole rings is 1. The molecule has 1 aromatic rings. The van der Waals surface area contributed by atoms with Crippen molar-refractivity contribution in [3.05, 3.63) is 16.1 Å². The Labute approximate surface area is 101 Å². The highest BCUT2D eigenvalue weighted by Gasteiger charge is 2.27. The van der Waals surface area contributed by atoms with Crippen LogP contribution in [0.2, 0.25) is 0 Å². The summed E-state index contributed by atoms with van der Waals surface area (Å²) in [6, 6.07) is 0.523. The van der Waals surface area contributed by atoms with Gasteiger partial charge in [0.2, 0.25) is 0 Å². The monoisotopic (exact) mass is 240 g/mol. The first kappa shape index (κ1) is 12.0. The average molecular weight is 240 g/mol. The Balaban J connectivity index is 2.12. The van der Waals surface area contributed by atoms with Gasteiger partial charge in [-0.1, -0.05) is 13.8 Å². The molecule has 90 valence electrons. The van der Waals surface area contributed by atoms with Crippen LogP contribution in [0.1, 0.15) is 48.5 Å². The van der Waals surface area contributed by atoms with Crippen LogP contribution >= 0.6 is 11.3 Å². The smallest absolute Gasteiger partial charge is 0.110 e. The Kier molecular flexibility index (Phi) is 3.95. The van der Waals surface area contributed by atoms with E-state index in [1.54, 1.807) is 11.3 Å². The molecule has 3 nitrogen and oxygen atoms in total. The van der Waals surface area contributed by atoms with Crippen LogP contribution in [0.4, 0.5) is 0 Å². The van der Waals surface area contributed by atoms with Gasteiger partial charge in [0.05, 0.1) is 12.6 Å². The topological polar surface area (TPSA) is 36.4 Å². The maximum absolute atomic E-state index is 9.13. The molecule has 0 saturated carbocycles. The van der Waals surface area contributed by atoms with E-state index < -0.39 is 0 Å². The zero-order valence-electron chi connectivity index (χ0n) is 10.0. The third-order valence-corrected chi connectivity index (χ3v) is 4.69. The fourth-order valence-electron chi connectivity index (χ4n) is 2.26. The summed E-state index contributed by atoms with van der Waals surface area (Å²) in [5.74, 6) is 0.225. The van der Waals surface area contributed by atoms with Gasteiger partial charge in [-0.2, -0.15) is 0 Å². The third-order valence-electron chi connectivity index (χ3n) is 3.36. The van der Waals surface area contributed by atoms with E-state index in [9.17, 15) is 0 Å². The maximum Gasteiger partial charge on any atom is 0.110 e. The van der Waals surface area contributed by atoms with Crippen molar-refractivity contribution >= 4 is 11.3 Å². The van der Waals surface area contributed by atoms with Gasteiger partial charge in [-0.15, -0.1) is 11.3 Å². The van der Waals surface area contributed by atoms with E-state index in [0.29, 0.717) is 6.04 Å². The molecule has 0 aliphatic carbocycles. The van der Waals surface area contributed by atoms with Crippen LogP contribution in [0.5, 0.6) is 0 Å². The van der Waals surface area contributed by atoms with Crippen molar-refractivity contribution in [3.63, 3.8) is 0 Å². The van der Waals surface area contributed by atoms with Gasteiger partial charge in [0.1, 0.15) is 5.01 Å². The molecule has 4 heteroatoms. The average Bonchev–Trinajstić information content (AvgIpc) is 2.95. The highest BCUT2D eigenvalue weighted by molar-refractivity contribution is 7.11. The van der Waals surface area contributed by atoms with Crippen LogP contribution < -0.4 is 0 Å². The lowest BCUT2D eigenvalue weighted by Crippen LogP contribution is -2.22. The predicted molar refractivity (Wildman–Crippen MR) is 66.8 cm³/mol. The van der Waals surface area contributed by atoms with Gasteiger partial charge < -0.3 is 5.11 Å². The Morgan fingerprint density at radius 1 is 1.69 bits per heavy atom. The first-order chi connectivity index (χ1) is 7.76. The lowest BCUT2D eigenvalue weighted by Gasteiger charge is -2.20. The molecule has 2 unspecified atom stereocenters. The molecular weight excluding hydrogens is 220 g/mol. The lowest BCUT2D eigenvalue weighted by molar-refractivity contribution is 0.271. The van der Waals surface area contributed by atoms with E-state index in [0.717, 1.165) is 6.54 Å². The molecular formula is C12H20N2OS. The van der Waals surface area contributed by atoms with Crippen molar-refractivity contribution in [2.45, 2.75) is 38.6 Å². The van der Waals surface area contributed by atoms with Crippen molar-refractivity contribution in [3.8, 4) is 0 Å². The minimum Gasteiger partial charge on any atom is -0.396 e. The number of aliphatic hydroxyl groups excluding tert-OH is 1. The van der Waals surface area contributed by atoms with E-state index in [-0.39, 0.29) is 12.5 Å². The number of likely N-dealkylation sites (tertiary alicyclic amines) is 1. The maximum atomic E-state index is 9.13. The molecule has 0 radical (unpaired) electrons. The predicted octanol–water partition coefficient (Wildman–Crippen LogP) is 2.40. The normalized spacial score (nSPS) is 23.8. The number of hydrogen-bond donors (Lipinski definition) is 1. The molecule has 2 rings (SSSR count). The summed E-state index contributed by atoms with van der Waals surface area (Å²) >= 11 is 1.77. The minimum absolute atomic E-state index is 0.212. The summed E-state index contributed by atoms with van der Waals surface area (Å²) in [7, 11) is 0. The molecule has 1 aliphatic rings. The van der Waals surface area contributed by atoms with Gasteiger partial charge >= 0.3 is 0 Å². The van der Waals surface area contributed by atoms with Crippen LogP contribution in [0.25, 0.3) is 0 Å². The molecule has 0 aromatic carbocycles. The second kappa shape index (κ2) is 5.25. The fraction of sp³-hybridized carbons (Fsp3) is 0.750. The third kappa shape index (κ3) is 2.29. The highest BCUT2D eigenvalue weighted by Crippen LogP contribution is 2.35. The fourth-order valence-corrected chi connectivity index (χ4v) is 3.39. The SMILES string of the molecule is CCN1CCCC1c1ncc(C(C)CO)s1. The van der Waals surface area contributed by atoms with E-state index in [4.69, 9.17) is 5.11 Å². The van der Waals surface area contributed by atoms with Crippen LogP contribution in [-0.2, 0) is 0 Å². The van der Waals surface area contributed by atoms with E-state index >= 15 is 0 Å². The molecule has 1 saturated heterocycles. The van der Waals surface area contributed by atoms with Crippen molar-refractivity contribution in [1.82, 2.24) is 9.88 Å². The lowest BCUT2D eigenvalue weighted by atomic mass is 10.2. The highest BCUT2D eigenvalue weighted by atomic mass is 32.1. The standard InChI is InChI=1S/C12H20N2OS/c1-3-14-6-4-5-10(14)12-13-7-11(16-12)9(2)8-15/h7,9-10,15H,3-6,8H2,1-2H3. The minimum atomic E-state index is 0.212. The summed E-state index contributed by atoms with van der Waals surface area (Å²) in [4.78, 5) is 8.23. The first-order valence-electron chi connectivity index (χ1n) is 6.06. The van der Waals surface area contributed by atoms with Crippen molar-refractivity contribution in [1.29, 1.82) is 0 Å². The first-order valence-corrected chi connectivity index (χ1v) is 6.88. The summed E-state index contributed by atoms with van der Waals surface area (Å²) in [5, 5.41) is 10.4. The Hall–Kier alpha value is -0.450. The Morgan fingerprint density at radius 3 is 3.19 bits per heavy atom. The zero-order chi connectivity index (χ0) is 11.5. The van der Waals surface area contributed by atoms with Crippen LogP contribution in [0.15, 0.2) is 6.20 Å². The quantitative estimate of drug-likeness (QED) is 0.878. The molecule has 0 bridgehead atoms. The van der Waals surface area contributed by atoms with Crippen LogP contribution in [-0.4, -0.2) is 34.7 Å². The van der Waals surface area contributed by atoms with Gasteiger partial charge in [-0.05, 0) is 25.9 Å². The molecule has 2 heterocycles. The molecule has 2 atom stereocenters. The van der Waals surface area contributed by atoms with Gasteiger partial charge in [-0.3, -0.25) is 4.90 Å². The van der Waals surface area contributed by atoms with E-state index in [1.807, 2.05) is 13.1 Å². The zero-order valence-corrected chi connectivity index (χ0v) is 10.8. The van der Waals surface area contributed by atoms with Gasteiger partial charge in [0.25, 0.3) is 0 Å². The molecule has 16 heavy (non-hydrogen) atoms. The van der Waals surface area contributed by atoms with Crippen molar-refractivity contribution in [2.75, 3.05) is 19.7 Å². The largest absolute Gasteiger partial charge is 0.396 e. The van der Waals surface area contributed by atoms with E-state index in [2.05, 4.69) is 16.8 Å². The molecule has 1 aliphatic heterocycles. The molecule has 0 amide bonds. The van der Waals surface area contributed by atoms with Crippen molar-refractivity contribution in [2.24, 2.45) is 0 Å². The van der Waals surface area contributed by atoms with Crippen LogP contribution in [0, 0.1) is 0 Å². The molecule has 1 fully saturated rings. The van der Waals surface area contributed by atoms with Crippen molar-refractivity contribution < 1.29 is 5.11 Å². The van der Waals surface area contributed by atoms with Crippen LogP contribution in [0.3, 0.4) is 0 Å². The van der Waals surface area contributed by atoms with E-state index in [1.165, 1.54) is 29.3 Å². The number of aromatic nitrogens is 1. The summed E-state index contributed by atoms with van der Waals surface area (Å²) < 4.78 is 0. The number of nitrogens with zero attached hydrogens (tertiary/aromatic N) is 2. The van der Waals surface area contributed by atoms with Gasteiger partial charge in [-0.25, -0.2) is 4.98 Å². The Morgan fingerprint density at radius 2 is 2.50 bits per heavy atom. The summed E-state index contributed by atoms with van der Waals surface area (Å²) in [6.45, 7) is 6.78. The molecule has 1 N–H and O–H groups in total. The summed E-state index contributed by atoms with van der Waals surface area (Å²) in [5.41, 5.74) is 0. The van der Waals surface area contributed by atoms with Gasteiger partial charge in [0.15, 0.2) is 0 Å². The number of rotatable bonds is 4. The number of hydrogen-bond acceptors (Lipinski definition) is 4. The molecule has 1 aromatic heterocycles. The number of aliphatic hydroxyl groups is 1. The second-order valence-corrected chi connectivity index (χ2v) is 5.56.